The van der Waals surface area contributed by atoms with Crippen LogP contribution in [0.1, 0.15) is 18.9 Å². The number of halogens is 3. The maximum atomic E-state index is 12.5. The summed E-state index contributed by atoms with van der Waals surface area (Å²) in [7, 11) is 1.87. The van der Waals surface area contributed by atoms with Crippen LogP contribution in [-0.4, -0.2) is 20.1 Å². The molecule has 102 valence electrons. The number of rotatable bonds is 6. The highest BCUT2D eigenvalue weighted by Crippen LogP contribution is 2.30. The molecule has 2 nitrogen and oxygen atoms in total. The van der Waals surface area contributed by atoms with Gasteiger partial charge in [0.15, 0.2) is 0 Å². The molecule has 0 amide bonds. The predicted octanol–water partition coefficient (Wildman–Crippen LogP) is 3.36. The monoisotopic (exact) mass is 260 g/mol. The van der Waals surface area contributed by atoms with Gasteiger partial charge >= 0.3 is 6.18 Å². The maximum absolute atomic E-state index is 12.5. The normalized spacial score (nSPS) is 13.4. The molecule has 0 spiro atoms. The number of benzene rings is 1. The van der Waals surface area contributed by atoms with E-state index in [4.69, 9.17) is 0 Å². The number of anilines is 1. The Bertz CT molecular complexity index is 363. The van der Waals surface area contributed by atoms with Crippen LogP contribution < -0.4 is 10.6 Å². The zero-order chi connectivity index (χ0) is 13.6. The molecule has 2 N–H and O–H groups in total. The van der Waals surface area contributed by atoms with Crippen molar-refractivity contribution in [1.82, 2.24) is 5.32 Å². The van der Waals surface area contributed by atoms with Gasteiger partial charge in [0.05, 0.1) is 5.56 Å². The topological polar surface area (TPSA) is 24.1 Å². The average Bonchev–Trinajstić information content (AvgIpc) is 2.34. The number of nitrogens with one attached hydrogen (secondary N) is 2. The fourth-order valence-corrected chi connectivity index (χ4v) is 1.72. The summed E-state index contributed by atoms with van der Waals surface area (Å²) in [6.45, 7) is 3.58. The zero-order valence-corrected chi connectivity index (χ0v) is 10.6. The van der Waals surface area contributed by atoms with Gasteiger partial charge in [0.1, 0.15) is 0 Å². The molecule has 0 aliphatic rings. The smallest absolute Gasteiger partial charge is 0.385 e. The van der Waals surface area contributed by atoms with Crippen LogP contribution in [0.15, 0.2) is 24.3 Å². The fourth-order valence-electron chi connectivity index (χ4n) is 1.72. The second-order valence-corrected chi connectivity index (χ2v) is 4.29. The SMILES string of the molecule is CCC(CNC)CNc1cccc(C(F)(F)F)c1. The van der Waals surface area contributed by atoms with Crippen LogP contribution in [0.25, 0.3) is 0 Å². The van der Waals surface area contributed by atoms with Crippen LogP contribution in [0.5, 0.6) is 0 Å². The third kappa shape index (κ3) is 4.56. The van der Waals surface area contributed by atoms with Crippen molar-refractivity contribution in [3.63, 3.8) is 0 Å². The molecule has 1 rings (SSSR count). The Balaban J connectivity index is 2.62. The summed E-state index contributed by atoms with van der Waals surface area (Å²) < 4.78 is 37.5. The molecule has 0 saturated heterocycles. The highest BCUT2D eigenvalue weighted by Gasteiger charge is 2.30. The summed E-state index contributed by atoms with van der Waals surface area (Å²) in [6, 6.07) is 5.30. The molecule has 0 fully saturated rings. The molecular formula is C13H19F3N2. The van der Waals surface area contributed by atoms with E-state index in [0.29, 0.717) is 18.2 Å². The second kappa shape index (κ2) is 6.64. The molecule has 1 aromatic rings. The first-order chi connectivity index (χ1) is 8.47. The van der Waals surface area contributed by atoms with Gasteiger partial charge in [-0.1, -0.05) is 19.4 Å². The lowest BCUT2D eigenvalue weighted by molar-refractivity contribution is -0.137. The van der Waals surface area contributed by atoms with Gasteiger partial charge in [-0.05, 0) is 37.7 Å². The molecule has 0 aromatic heterocycles. The Labute approximate surface area is 106 Å². The average molecular weight is 260 g/mol. The molecule has 1 unspecified atom stereocenters. The molecule has 5 heteroatoms. The Morgan fingerprint density at radius 1 is 1.22 bits per heavy atom. The molecule has 0 aliphatic carbocycles. The maximum Gasteiger partial charge on any atom is 0.416 e. The lowest BCUT2D eigenvalue weighted by Gasteiger charge is -2.16. The summed E-state index contributed by atoms with van der Waals surface area (Å²) in [5, 5.41) is 6.12. The van der Waals surface area contributed by atoms with E-state index in [1.165, 1.54) is 6.07 Å². The van der Waals surface area contributed by atoms with Crippen molar-refractivity contribution in [2.24, 2.45) is 5.92 Å². The van der Waals surface area contributed by atoms with Gasteiger partial charge in [0, 0.05) is 12.2 Å². The lowest BCUT2D eigenvalue weighted by Crippen LogP contribution is -2.24. The molecule has 0 heterocycles. The van der Waals surface area contributed by atoms with E-state index in [1.54, 1.807) is 6.07 Å². The number of hydrogen-bond acceptors (Lipinski definition) is 2. The summed E-state index contributed by atoms with van der Waals surface area (Å²) in [5.41, 5.74) is -0.103. The summed E-state index contributed by atoms with van der Waals surface area (Å²) >= 11 is 0. The van der Waals surface area contributed by atoms with Crippen molar-refractivity contribution in [2.75, 3.05) is 25.5 Å². The Hall–Kier alpha value is -1.23. The standard InChI is InChI=1S/C13H19F3N2/c1-3-10(8-17-2)9-18-12-6-4-5-11(7-12)13(14,15)16/h4-7,10,17-18H,3,8-9H2,1-2H3. The number of hydrogen-bond donors (Lipinski definition) is 2. The van der Waals surface area contributed by atoms with Crippen molar-refractivity contribution in [2.45, 2.75) is 19.5 Å². The second-order valence-electron chi connectivity index (χ2n) is 4.29. The quantitative estimate of drug-likeness (QED) is 0.819. The van der Waals surface area contributed by atoms with Gasteiger partial charge < -0.3 is 10.6 Å². The van der Waals surface area contributed by atoms with E-state index in [9.17, 15) is 13.2 Å². The van der Waals surface area contributed by atoms with Crippen molar-refractivity contribution >= 4 is 5.69 Å². The molecule has 0 bridgehead atoms. The lowest BCUT2D eigenvalue weighted by atomic mass is 10.1. The number of alkyl halides is 3. The first kappa shape index (κ1) is 14.8. The third-order valence-corrected chi connectivity index (χ3v) is 2.85. The fraction of sp³-hybridized carbons (Fsp3) is 0.538. The highest BCUT2D eigenvalue weighted by atomic mass is 19.4. The first-order valence-corrected chi connectivity index (χ1v) is 6.03. The van der Waals surface area contributed by atoms with Crippen molar-refractivity contribution in [3.8, 4) is 0 Å². The Morgan fingerprint density at radius 2 is 1.94 bits per heavy atom. The summed E-state index contributed by atoms with van der Waals surface area (Å²) in [4.78, 5) is 0. The highest BCUT2D eigenvalue weighted by molar-refractivity contribution is 5.46. The van der Waals surface area contributed by atoms with Gasteiger partial charge in [0.2, 0.25) is 0 Å². The first-order valence-electron chi connectivity index (χ1n) is 6.03. The van der Waals surface area contributed by atoms with Gasteiger partial charge in [-0.15, -0.1) is 0 Å². The Morgan fingerprint density at radius 3 is 2.50 bits per heavy atom. The largest absolute Gasteiger partial charge is 0.416 e. The molecule has 1 atom stereocenters. The van der Waals surface area contributed by atoms with E-state index in [0.717, 1.165) is 25.1 Å². The van der Waals surface area contributed by atoms with E-state index in [2.05, 4.69) is 17.6 Å². The van der Waals surface area contributed by atoms with Gasteiger partial charge in [-0.2, -0.15) is 13.2 Å². The minimum Gasteiger partial charge on any atom is -0.385 e. The Kier molecular flexibility index (Phi) is 5.47. The van der Waals surface area contributed by atoms with Gasteiger partial charge in [-0.25, -0.2) is 0 Å². The van der Waals surface area contributed by atoms with Crippen molar-refractivity contribution in [1.29, 1.82) is 0 Å². The molecule has 1 aromatic carbocycles. The van der Waals surface area contributed by atoms with Crippen LogP contribution in [0.3, 0.4) is 0 Å². The zero-order valence-electron chi connectivity index (χ0n) is 10.6. The van der Waals surface area contributed by atoms with Gasteiger partial charge in [-0.3, -0.25) is 0 Å². The minimum absolute atomic E-state index is 0.407. The minimum atomic E-state index is -4.28. The third-order valence-electron chi connectivity index (χ3n) is 2.85. The van der Waals surface area contributed by atoms with Crippen molar-refractivity contribution < 1.29 is 13.2 Å². The molecule has 0 saturated carbocycles. The van der Waals surface area contributed by atoms with Crippen LogP contribution in [0.4, 0.5) is 18.9 Å². The van der Waals surface area contributed by atoms with E-state index < -0.39 is 11.7 Å². The summed E-state index contributed by atoms with van der Waals surface area (Å²) in [6.07, 6.45) is -3.31. The van der Waals surface area contributed by atoms with Crippen molar-refractivity contribution in [3.05, 3.63) is 29.8 Å². The van der Waals surface area contributed by atoms with Crippen LogP contribution >= 0.6 is 0 Å². The van der Waals surface area contributed by atoms with Crippen LogP contribution in [0.2, 0.25) is 0 Å². The molecule has 0 aliphatic heterocycles. The van der Waals surface area contributed by atoms with Crippen LogP contribution in [-0.2, 0) is 6.18 Å². The molecule has 0 radical (unpaired) electrons. The molecular weight excluding hydrogens is 241 g/mol. The van der Waals surface area contributed by atoms with E-state index in [-0.39, 0.29) is 0 Å². The van der Waals surface area contributed by atoms with Gasteiger partial charge in [0.25, 0.3) is 0 Å². The predicted molar refractivity (Wildman–Crippen MR) is 67.6 cm³/mol. The van der Waals surface area contributed by atoms with E-state index in [1.807, 2.05) is 7.05 Å². The van der Waals surface area contributed by atoms with Crippen LogP contribution in [0, 0.1) is 5.92 Å². The van der Waals surface area contributed by atoms with E-state index >= 15 is 0 Å². The molecule has 18 heavy (non-hydrogen) atoms. The summed E-state index contributed by atoms with van der Waals surface area (Å²) in [5.74, 6) is 0.407.